The molecular formula is C28H23N3O6. The van der Waals surface area contributed by atoms with Gasteiger partial charge in [0.25, 0.3) is 11.8 Å². The van der Waals surface area contributed by atoms with Crippen LogP contribution in [0.15, 0.2) is 84.9 Å². The van der Waals surface area contributed by atoms with Crippen molar-refractivity contribution in [1.29, 1.82) is 0 Å². The van der Waals surface area contributed by atoms with Crippen molar-refractivity contribution in [2.75, 3.05) is 12.1 Å². The summed E-state index contributed by atoms with van der Waals surface area (Å²) in [7, 11) is 0. The van der Waals surface area contributed by atoms with Crippen LogP contribution < -0.4 is 25.6 Å². The number of carbonyl (C=O) groups excluding carboxylic acids is 3. The summed E-state index contributed by atoms with van der Waals surface area (Å²) in [4.78, 5) is 38.0. The molecule has 0 unspecified atom stereocenters. The summed E-state index contributed by atoms with van der Waals surface area (Å²) in [6.07, 6.45) is 0.248. The molecule has 0 saturated carbocycles. The number of hydroxylamine groups is 1. The third-order valence-electron chi connectivity index (χ3n) is 6.03. The second-order valence-corrected chi connectivity index (χ2v) is 8.49. The zero-order valence-electron chi connectivity index (χ0n) is 19.6. The summed E-state index contributed by atoms with van der Waals surface area (Å²) < 4.78 is 10.7. The van der Waals surface area contributed by atoms with E-state index in [0.717, 1.165) is 16.3 Å². The first-order chi connectivity index (χ1) is 18.0. The van der Waals surface area contributed by atoms with E-state index in [1.54, 1.807) is 23.7 Å². The summed E-state index contributed by atoms with van der Waals surface area (Å²) >= 11 is 0. The summed E-state index contributed by atoms with van der Waals surface area (Å²) in [6.45, 7) is 0.0894. The molecular weight excluding hydrogens is 474 g/mol. The van der Waals surface area contributed by atoms with Crippen LogP contribution in [0, 0.1) is 0 Å². The molecule has 4 aromatic carbocycles. The zero-order chi connectivity index (χ0) is 25.8. The van der Waals surface area contributed by atoms with Gasteiger partial charge >= 0.3 is 0 Å². The molecule has 3 amide bonds. The third kappa shape index (κ3) is 5.36. The lowest BCUT2D eigenvalue weighted by atomic mass is 10.0. The van der Waals surface area contributed by atoms with Crippen LogP contribution in [0.1, 0.15) is 26.3 Å². The molecule has 1 aliphatic rings. The number of ether oxygens (including phenoxy) is 2. The molecule has 5 rings (SSSR count). The molecule has 0 aliphatic carbocycles. The van der Waals surface area contributed by atoms with E-state index in [9.17, 15) is 14.4 Å². The number of benzene rings is 4. The number of amides is 3. The molecule has 1 aliphatic heterocycles. The van der Waals surface area contributed by atoms with E-state index < -0.39 is 23.8 Å². The highest BCUT2D eigenvalue weighted by Crippen LogP contribution is 2.32. The lowest BCUT2D eigenvalue weighted by molar-refractivity contribution is -0.118. The number of nitrogens with one attached hydrogen (secondary N) is 3. The van der Waals surface area contributed by atoms with E-state index in [1.165, 1.54) is 24.3 Å². The van der Waals surface area contributed by atoms with Gasteiger partial charge < -0.3 is 20.1 Å². The van der Waals surface area contributed by atoms with E-state index in [2.05, 4.69) is 10.6 Å². The van der Waals surface area contributed by atoms with E-state index in [0.29, 0.717) is 22.7 Å². The maximum absolute atomic E-state index is 13.3. The number of hydrogen-bond acceptors (Lipinski definition) is 6. The maximum atomic E-state index is 13.3. The maximum Gasteiger partial charge on any atom is 0.274 e. The number of hydrogen-bond donors (Lipinski definition) is 4. The van der Waals surface area contributed by atoms with Crippen LogP contribution >= 0.6 is 0 Å². The highest BCUT2D eigenvalue weighted by atomic mass is 16.7. The van der Waals surface area contributed by atoms with Gasteiger partial charge in [0.1, 0.15) is 6.04 Å². The van der Waals surface area contributed by atoms with Gasteiger partial charge in [-0.25, -0.2) is 5.48 Å². The van der Waals surface area contributed by atoms with E-state index in [-0.39, 0.29) is 18.8 Å². The average molecular weight is 498 g/mol. The van der Waals surface area contributed by atoms with Crippen LogP contribution in [-0.2, 0) is 11.2 Å². The molecule has 1 heterocycles. The van der Waals surface area contributed by atoms with Crippen LogP contribution in [-0.4, -0.2) is 35.8 Å². The molecule has 0 bridgehead atoms. The van der Waals surface area contributed by atoms with Crippen LogP contribution in [0.5, 0.6) is 11.5 Å². The van der Waals surface area contributed by atoms with Gasteiger partial charge in [-0.1, -0.05) is 42.5 Å². The minimum Gasteiger partial charge on any atom is -0.454 e. The number of anilines is 1. The molecule has 9 heteroatoms. The fourth-order valence-electron chi connectivity index (χ4n) is 4.09. The Morgan fingerprint density at radius 2 is 1.51 bits per heavy atom. The SMILES string of the molecule is O=C(NO)c1ccc(NC(=O)[C@@H](Cc2ccc3ccccc3c2)NC(=O)c2ccc3c(c2)OCO3)cc1. The normalized spacial score (nSPS) is 12.6. The minimum absolute atomic E-state index is 0.0894. The van der Waals surface area contributed by atoms with Gasteiger partial charge in [0.05, 0.1) is 0 Å². The molecule has 4 aromatic rings. The molecule has 0 aromatic heterocycles. The number of carbonyl (C=O) groups is 3. The van der Waals surface area contributed by atoms with Crippen molar-refractivity contribution in [3.8, 4) is 11.5 Å². The topological polar surface area (TPSA) is 126 Å². The second kappa shape index (κ2) is 10.4. The molecule has 0 fully saturated rings. The lowest BCUT2D eigenvalue weighted by Crippen LogP contribution is -2.45. The predicted octanol–water partition coefficient (Wildman–Crippen LogP) is 3.67. The van der Waals surface area contributed by atoms with Gasteiger partial charge in [0.15, 0.2) is 11.5 Å². The highest BCUT2D eigenvalue weighted by molar-refractivity contribution is 6.02. The lowest BCUT2D eigenvalue weighted by Gasteiger charge is -2.19. The molecule has 37 heavy (non-hydrogen) atoms. The summed E-state index contributed by atoms with van der Waals surface area (Å²) in [5, 5.41) is 16.5. The molecule has 186 valence electrons. The first-order valence-corrected chi connectivity index (χ1v) is 11.5. The zero-order valence-corrected chi connectivity index (χ0v) is 19.6. The second-order valence-electron chi connectivity index (χ2n) is 8.49. The Labute approximate surface area is 212 Å². The number of rotatable bonds is 7. The van der Waals surface area contributed by atoms with Crippen molar-refractivity contribution < 1.29 is 29.1 Å². The molecule has 1 atom stereocenters. The van der Waals surface area contributed by atoms with Crippen LogP contribution in [0.3, 0.4) is 0 Å². The van der Waals surface area contributed by atoms with Crippen molar-refractivity contribution in [3.05, 3.63) is 102 Å². The van der Waals surface area contributed by atoms with E-state index >= 15 is 0 Å². The molecule has 0 spiro atoms. The van der Waals surface area contributed by atoms with Crippen molar-refractivity contribution >= 4 is 34.2 Å². The largest absolute Gasteiger partial charge is 0.454 e. The molecule has 0 saturated heterocycles. The van der Waals surface area contributed by atoms with E-state index in [4.69, 9.17) is 14.7 Å². The average Bonchev–Trinajstić information content (AvgIpc) is 3.40. The van der Waals surface area contributed by atoms with Crippen molar-refractivity contribution in [3.63, 3.8) is 0 Å². The first-order valence-electron chi connectivity index (χ1n) is 11.5. The van der Waals surface area contributed by atoms with Crippen molar-refractivity contribution in [2.24, 2.45) is 0 Å². The van der Waals surface area contributed by atoms with Crippen LogP contribution in [0.25, 0.3) is 10.8 Å². The first kappa shape index (κ1) is 23.8. The minimum atomic E-state index is -0.903. The Balaban J connectivity index is 1.38. The summed E-state index contributed by atoms with van der Waals surface area (Å²) in [5.41, 5.74) is 3.43. The monoisotopic (exact) mass is 497 g/mol. The van der Waals surface area contributed by atoms with Crippen LogP contribution in [0.2, 0.25) is 0 Å². The Kier molecular flexibility index (Phi) is 6.69. The highest BCUT2D eigenvalue weighted by Gasteiger charge is 2.24. The predicted molar refractivity (Wildman–Crippen MR) is 136 cm³/mol. The molecule has 0 radical (unpaired) electrons. The van der Waals surface area contributed by atoms with Gasteiger partial charge in [-0.15, -0.1) is 0 Å². The summed E-state index contributed by atoms with van der Waals surface area (Å²) in [6, 6.07) is 23.7. The van der Waals surface area contributed by atoms with Crippen molar-refractivity contribution in [1.82, 2.24) is 10.8 Å². The fraction of sp³-hybridized carbons (Fsp3) is 0.107. The molecule has 9 nitrogen and oxygen atoms in total. The van der Waals surface area contributed by atoms with Gasteiger partial charge in [-0.3, -0.25) is 19.6 Å². The Morgan fingerprint density at radius 1 is 0.784 bits per heavy atom. The Hall–Kier alpha value is -4.89. The summed E-state index contributed by atoms with van der Waals surface area (Å²) in [5.74, 6) is -0.505. The molecule has 4 N–H and O–H groups in total. The van der Waals surface area contributed by atoms with E-state index in [1.807, 2.05) is 42.5 Å². The fourth-order valence-corrected chi connectivity index (χ4v) is 4.09. The number of fused-ring (bicyclic) bond motifs is 2. The third-order valence-corrected chi connectivity index (χ3v) is 6.03. The van der Waals surface area contributed by atoms with Gasteiger partial charge in [0.2, 0.25) is 12.7 Å². The van der Waals surface area contributed by atoms with Crippen molar-refractivity contribution in [2.45, 2.75) is 12.5 Å². The van der Waals surface area contributed by atoms with Crippen LogP contribution in [0.4, 0.5) is 5.69 Å². The Bertz CT molecular complexity index is 1490. The van der Waals surface area contributed by atoms with Gasteiger partial charge in [0, 0.05) is 23.2 Å². The smallest absolute Gasteiger partial charge is 0.274 e. The van der Waals surface area contributed by atoms with Gasteiger partial charge in [-0.05, 0) is 58.8 Å². The Morgan fingerprint density at radius 3 is 2.30 bits per heavy atom. The van der Waals surface area contributed by atoms with Gasteiger partial charge in [-0.2, -0.15) is 0 Å². The standard InChI is InChI=1S/C28H23N3O6/c32-26(21-9-12-24-25(15-21)37-16-36-24)30-23(14-17-5-6-18-3-1-2-4-20(18)13-17)28(34)29-22-10-7-19(8-11-22)27(33)31-35/h1-13,15,23,35H,14,16H2,(H,29,34)(H,30,32)(H,31,33)/t23-/m1/s1. The quantitative estimate of drug-likeness (QED) is 0.228.